The summed E-state index contributed by atoms with van der Waals surface area (Å²) in [5, 5.41) is -0.208. The van der Waals surface area contributed by atoms with Gasteiger partial charge in [-0.25, -0.2) is 8.42 Å². The summed E-state index contributed by atoms with van der Waals surface area (Å²) >= 11 is 0. The standard InChI is InChI=1S/C8H17O2S/c1-4-6-7-8(3)11(9,10)5-2/h8H,2,4-7H2,1,3H3. The highest BCUT2D eigenvalue weighted by atomic mass is 32.2. The second-order valence-corrected chi connectivity index (χ2v) is 5.36. The molecule has 3 heteroatoms. The molecule has 0 rings (SSSR count). The molecule has 1 atom stereocenters. The Morgan fingerprint density at radius 2 is 2.00 bits per heavy atom. The maximum absolute atomic E-state index is 11.1. The van der Waals surface area contributed by atoms with Crippen LogP contribution in [0.4, 0.5) is 0 Å². The highest BCUT2D eigenvalue weighted by Crippen LogP contribution is 2.09. The van der Waals surface area contributed by atoms with E-state index in [1.165, 1.54) is 0 Å². The number of unbranched alkanes of at least 4 members (excludes halogenated alkanes) is 1. The lowest BCUT2D eigenvalue weighted by atomic mass is 10.2. The summed E-state index contributed by atoms with van der Waals surface area (Å²) in [5.41, 5.74) is 0. The molecular formula is C8H17O2S. The van der Waals surface area contributed by atoms with Crippen LogP contribution in [-0.2, 0) is 9.84 Å². The predicted octanol–water partition coefficient (Wildman–Crippen LogP) is 1.81. The summed E-state index contributed by atoms with van der Waals surface area (Å²) in [5.74, 6) is 0.0257. The van der Waals surface area contributed by atoms with Gasteiger partial charge in [0.2, 0.25) is 0 Å². The monoisotopic (exact) mass is 177 g/mol. The van der Waals surface area contributed by atoms with Gasteiger partial charge in [0, 0.05) is 0 Å². The summed E-state index contributed by atoms with van der Waals surface area (Å²) in [6.07, 6.45) is 2.81. The van der Waals surface area contributed by atoms with E-state index in [1.54, 1.807) is 6.92 Å². The van der Waals surface area contributed by atoms with Gasteiger partial charge in [-0.15, -0.1) is 0 Å². The normalized spacial score (nSPS) is 14.8. The average Bonchev–Trinajstić information content (AvgIpc) is 2.00. The van der Waals surface area contributed by atoms with Crippen LogP contribution in [0.5, 0.6) is 0 Å². The van der Waals surface area contributed by atoms with Gasteiger partial charge in [-0.1, -0.05) is 19.8 Å². The molecule has 0 saturated heterocycles. The second kappa shape index (κ2) is 4.75. The van der Waals surface area contributed by atoms with Crippen LogP contribution in [0.1, 0.15) is 33.1 Å². The molecule has 0 aromatic rings. The predicted molar refractivity (Wildman–Crippen MR) is 48.1 cm³/mol. The molecule has 0 aromatic carbocycles. The molecule has 0 aliphatic heterocycles. The molecule has 1 radical (unpaired) electrons. The largest absolute Gasteiger partial charge is 0.229 e. The molecule has 67 valence electrons. The number of hydrogen-bond acceptors (Lipinski definition) is 2. The van der Waals surface area contributed by atoms with Crippen molar-refractivity contribution >= 4 is 9.84 Å². The highest BCUT2D eigenvalue weighted by Gasteiger charge is 2.16. The van der Waals surface area contributed by atoms with Crippen LogP contribution in [0.15, 0.2) is 0 Å². The van der Waals surface area contributed by atoms with Gasteiger partial charge >= 0.3 is 0 Å². The van der Waals surface area contributed by atoms with E-state index in [4.69, 9.17) is 0 Å². The van der Waals surface area contributed by atoms with Crippen molar-refractivity contribution in [1.29, 1.82) is 0 Å². The van der Waals surface area contributed by atoms with Crippen LogP contribution in [0.25, 0.3) is 0 Å². The van der Waals surface area contributed by atoms with E-state index in [1.807, 2.05) is 0 Å². The molecule has 0 bridgehead atoms. The van der Waals surface area contributed by atoms with Crippen molar-refractivity contribution in [2.24, 2.45) is 0 Å². The summed E-state index contributed by atoms with van der Waals surface area (Å²) in [6.45, 7) is 7.22. The molecule has 0 saturated carbocycles. The lowest BCUT2D eigenvalue weighted by molar-refractivity contribution is 0.574. The maximum atomic E-state index is 11.1. The fourth-order valence-corrected chi connectivity index (χ4v) is 1.80. The van der Waals surface area contributed by atoms with Crippen molar-refractivity contribution in [2.45, 2.75) is 38.4 Å². The first kappa shape index (κ1) is 11.0. The van der Waals surface area contributed by atoms with E-state index in [2.05, 4.69) is 13.8 Å². The van der Waals surface area contributed by atoms with Crippen molar-refractivity contribution in [2.75, 3.05) is 5.75 Å². The summed E-state index contributed by atoms with van der Waals surface area (Å²) in [7, 11) is -2.88. The Labute approximate surface area is 69.9 Å². The first-order valence-corrected chi connectivity index (χ1v) is 5.77. The third-order valence-corrected chi connectivity index (χ3v) is 3.89. The zero-order chi connectivity index (χ0) is 8.91. The van der Waals surface area contributed by atoms with Crippen LogP contribution < -0.4 is 0 Å². The lowest BCUT2D eigenvalue weighted by Crippen LogP contribution is -2.19. The van der Waals surface area contributed by atoms with E-state index in [0.29, 0.717) is 0 Å². The number of hydrogen-bond donors (Lipinski definition) is 0. The highest BCUT2D eigenvalue weighted by molar-refractivity contribution is 7.92. The van der Waals surface area contributed by atoms with Crippen molar-refractivity contribution in [3.8, 4) is 0 Å². The lowest BCUT2D eigenvalue weighted by Gasteiger charge is -2.09. The number of rotatable bonds is 5. The second-order valence-electron chi connectivity index (χ2n) is 2.82. The maximum Gasteiger partial charge on any atom is 0.152 e. The first-order chi connectivity index (χ1) is 5.04. The zero-order valence-electron chi connectivity index (χ0n) is 7.34. The van der Waals surface area contributed by atoms with Crippen LogP contribution in [-0.4, -0.2) is 19.4 Å². The fourth-order valence-electron chi connectivity index (χ4n) is 0.872. The molecule has 0 aliphatic rings. The topological polar surface area (TPSA) is 34.1 Å². The Morgan fingerprint density at radius 1 is 1.45 bits per heavy atom. The van der Waals surface area contributed by atoms with Crippen molar-refractivity contribution in [1.82, 2.24) is 0 Å². The van der Waals surface area contributed by atoms with Crippen LogP contribution in [0.2, 0.25) is 0 Å². The third-order valence-electron chi connectivity index (χ3n) is 1.86. The van der Waals surface area contributed by atoms with Crippen LogP contribution in [0.3, 0.4) is 0 Å². The van der Waals surface area contributed by atoms with E-state index >= 15 is 0 Å². The van der Waals surface area contributed by atoms with Gasteiger partial charge in [0.05, 0.1) is 11.0 Å². The molecule has 0 heterocycles. The van der Waals surface area contributed by atoms with Gasteiger partial charge in [-0.2, -0.15) is 0 Å². The van der Waals surface area contributed by atoms with Gasteiger partial charge in [0.25, 0.3) is 0 Å². The minimum absolute atomic E-state index is 0.0257. The Hall–Kier alpha value is -0.0500. The minimum atomic E-state index is -2.88. The van der Waals surface area contributed by atoms with Gasteiger partial charge in [-0.3, -0.25) is 0 Å². The van der Waals surface area contributed by atoms with Crippen LogP contribution >= 0.6 is 0 Å². The quantitative estimate of drug-likeness (QED) is 0.642. The Balaban J connectivity index is 3.93. The molecule has 0 aromatic heterocycles. The van der Waals surface area contributed by atoms with E-state index < -0.39 is 9.84 Å². The van der Waals surface area contributed by atoms with E-state index in [0.717, 1.165) is 19.3 Å². The summed E-state index contributed by atoms with van der Waals surface area (Å²) in [6, 6.07) is 0. The molecule has 2 nitrogen and oxygen atoms in total. The Bertz CT molecular complexity index is 182. The van der Waals surface area contributed by atoms with Crippen molar-refractivity contribution in [3.05, 3.63) is 6.92 Å². The summed E-state index contributed by atoms with van der Waals surface area (Å²) in [4.78, 5) is 0. The SMILES string of the molecule is [CH2]CS(=O)(=O)C(C)CCCC. The zero-order valence-corrected chi connectivity index (χ0v) is 8.15. The molecule has 0 amide bonds. The molecule has 11 heavy (non-hydrogen) atoms. The van der Waals surface area contributed by atoms with E-state index in [-0.39, 0.29) is 11.0 Å². The molecule has 0 fully saturated rings. The Kier molecular flexibility index (Phi) is 4.73. The minimum Gasteiger partial charge on any atom is -0.229 e. The van der Waals surface area contributed by atoms with Gasteiger partial charge in [0.1, 0.15) is 0 Å². The number of sulfone groups is 1. The molecular weight excluding hydrogens is 160 g/mol. The average molecular weight is 177 g/mol. The molecule has 0 N–H and O–H groups in total. The van der Waals surface area contributed by atoms with Crippen molar-refractivity contribution < 1.29 is 8.42 Å². The van der Waals surface area contributed by atoms with Crippen molar-refractivity contribution in [3.63, 3.8) is 0 Å². The molecule has 0 aliphatic carbocycles. The van der Waals surface area contributed by atoms with E-state index in [9.17, 15) is 8.42 Å². The molecule has 1 unspecified atom stereocenters. The van der Waals surface area contributed by atoms with Crippen LogP contribution in [0, 0.1) is 6.92 Å². The fraction of sp³-hybridized carbons (Fsp3) is 0.875. The molecule has 0 spiro atoms. The Morgan fingerprint density at radius 3 is 2.36 bits per heavy atom. The van der Waals surface area contributed by atoms with Gasteiger partial charge in [0.15, 0.2) is 9.84 Å². The summed E-state index contributed by atoms with van der Waals surface area (Å²) < 4.78 is 22.3. The first-order valence-electron chi connectivity index (χ1n) is 4.05. The van der Waals surface area contributed by atoms with Gasteiger partial charge in [-0.05, 0) is 20.3 Å². The smallest absolute Gasteiger partial charge is 0.152 e. The van der Waals surface area contributed by atoms with Gasteiger partial charge < -0.3 is 0 Å². The third kappa shape index (κ3) is 3.75.